The van der Waals surface area contributed by atoms with E-state index in [2.05, 4.69) is 25.1 Å². The first-order valence-corrected chi connectivity index (χ1v) is 5.20. The third kappa shape index (κ3) is 2.27. The predicted molar refractivity (Wildman–Crippen MR) is 60.4 cm³/mol. The molecule has 0 saturated heterocycles. The molecule has 0 fully saturated rings. The van der Waals surface area contributed by atoms with Gasteiger partial charge in [0, 0.05) is 12.1 Å². The molecule has 2 N–H and O–H groups in total. The van der Waals surface area contributed by atoms with Crippen LogP contribution in [0.2, 0.25) is 0 Å². The van der Waals surface area contributed by atoms with E-state index in [-0.39, 0.29) is 11.7 Å². The Bertz CT molecular complexity index is 420. The molecule has 1 aliphatic rings. The Morgan fingerprint density at radius 3 is 2.80 bits per heavy atom. The molecule has 0 heterocycles. The quantitative estimate of drug-likeness (QED) is 0.757. The lowest BCUT2D eigenvalue weighted by atomic mass is 9.85. The lowest BCUT2D eigenvalue weighted by Gasteiger charge is -2.20. The van der Waals surface area contributed by atoms with Gasteiger partial charge in [-0.2, -0.15) is 0 Å². The fourth-order valence-electron chi connectivity index (χ4n) is 2.08. The number of hydrogen-bond acceptors (Lipinski definition) is 2. The number of carbonyl (C=O) groups is 1. The van der Waals surface area contributed by atoms with Gasteiger partial charge in [-0.05, 0) is 30.9 Å². The fraction of sp³-hybridized carbons (Fsp3) is 0.308. The maximum Gasteiger partial charge on any atom is 0.158 e. The van der Waals surface area contributed by atoms with Gasteiger partial charge < -0.3 is 5.73 Å². The van der Waals surface area contributed by atoms with Crippen LogP contribution < -0.4 is 5.73 Å². The maximum atomic E-state index is 11.4. The Morgan fingerprint density at radius 2 is 2.13 bits per heavy atom. The molecular weight excluding hydrogens is 186 g/mol. The molecule has 1 aromatic rings. The van der Waals surface area contributed by atoms with Crippen molar-refractivity contribution in [3.05, 3.63) is 47.2 Å². The Labute approximate surface area is 89.8 Å². The topological polar surface area (TPSA) is 43.1 Å². The number of ketones is 1. The van der Waals surface area contributed by atoms with Crippen molar-refractivity contribution in [2.75, 3.05) is 0 Å². The van der Waals surface area contributed by atoms with Gasteiger partial charge in [0.1, 0.15) is 0 Å². The first-order chi connectivity index (χ1) is 7.15. The highest BCUT2D eigenvalue weighted by Gasteiger charge is 2.20. The molecule has 15 heavy (non-hydrogen) atoms. The molecule has 1 aliphatic carbocycles. The monoisotopic (exact) mass is 201 g/mol. The first kappa shape index (κ1) is 9.97. The maximum absolute atomic E-state index is 11.4. The molecule has 0 radical (unpaired) electrons. The van der Waals surface area contributed by atoms with Crippen LogP contribution in [0.3, 0.4) is 0 Å². The molecule has 78 valence electrons. The highest BCUT2D eigenvalue weighted by atomic mass is 16.1. The van der Waals surface area contributed by atoms with Gasteiger partial charge in [0.05, 0.1) is 0 Å². The summed E-state index contributed by atoms with van der Waals surface area (Å²) in [6, 6.07) is 8.30. The largest absolute Gasteiger partial charge is 0.402 e. The summed E-state index contributed by atoms with van der Waals surface area (Å²) in [6.45, 7) is 2.06. The molecule has 1 aromatic carbocycles. The van der Waals surface area contributed by atoms with Crippen LogP contribution in [0.5, 0.6) is 0 Å². The zero-order valence-corrected chi connectivity index (χ0v) is 8.86. The molecule has 0 bridgehead atoms. The van der Waals surface area contributed by atoms with Crippen molar-refractivity contribution >= 4 is 5.78 Å². The molecule has 0 aromatic heterocycles. The van der Waals surface area contributed by atoms with Crippen molar-refractivity contribution in [3.63, 3.8) is 0 Å². The van der Waals surface area contributed by atoms with Crippen LogP contribution in [0.15, 0.2) is 36.0 Å². The van der Waals surface area contributed by atoms with Crippen molar-refractivity contribution < 1.29 is 4.79 Å². The van der Waals surface area contributed by atoms with E-state index in [1.54, 1.807) is 6.08 Å². The van der Waals surface area contributed by atoms with E-state index in [0.29, 0.717) is 12.1 Å². The second-order valence-electron chi connectivity index (χ2n) is 4.20. The van der Waals surface area contributed by atoms with Crippen LogP contribution in [0.1, 0.15) is 29.9 Å². The van der Waals surface area contributed by atoms with Crippen LogP contribution in [0.4, 0.5) is 0 Å². The lowest BCUT2D eigenvalue weighted by Crippen LogP contribution is -2.16. The van der Waals surface area contributed by atoms with Crippen LogP contribution in [-0.2, 0) is 4.79 Å². The summed E-state index contributed by atoms with van der Waals surface area (Å²) in [7, 11) is 0. The van der Waals surface area contributed by atoms with Gasteiger partial charge >= 0.3 is 0 Å². The first-order valence-electron chi connectivity index (χ1n) is 5.20. The van der Waals surface area contributed by atoms with Crippen molar-refractivity contribution in [1.29, 1.82) is 0 Å². The molecule has 0 spiro atoms. The van der Waals surface area contributed by atoms with Gasteiger partial charge in [-0.3, -0.25) is 4.79 Å². The summed E-state index contributed by atoms with van der Waals surface area (Å²) < 4.78 is 0. The van der Waals surface area contributed by atoms with Crippen LogP contribution in [0, 0.1) is 6.92 Å². The van der Waals surface area contributed by atoms with Gasteiger partial charge in [-0.15, -0.1) is 0 Å². The summed E-state index contributed by atoms with van der Waals surface area (Å²) in [5.41, 5.74) is 8.89. The minimum atomic E-state index is 0.144. The molecule has 2 heteroatoms. The molecule has 2 nitrogen and oxygen atoms in total. The predicted octanol–water partition coefficient (Wildman–Crippen LogP) is 2.28. The van der Waals surface area contributed by atoms with Crippen molar-refractivity contribution in [3.8, 4) is 0 Å². The molecule has 0 unspecified atom stereocenters. The normalized spacial score (nSPS) is 21.3. The molecule has 0 saturated carbocycles. The summed E-state index contributed by atoms with van der Waals surface area (Å²) in [6.07, 6.45) is 2.95. The molecular formula is C13H15NO. The smallest absolute Gasteiger partial charge is 0.158 e. The third-order valence-corrected chi connectivity index (χ3v) is 2.79. The standard InChI is InChI=1S/C13H15NO/c1-9-3-2-4-10(5-9)11-6-12(14)8-13(15)7-11/h2-5,8,11H,6-7,14H2,1H3/t11-/m1/s1. The van der Waals surface area contributed by atoms with E-state index in [0.717, 1.165) is 6.42 Å². The van der Waals surface area contributed by atoms with Crippen LogP contribution >= 0.6 is 0 Å². The minimum absolute atomic E-state index is 0.144. The van der Waals surface area contributed by atoms with Crippen molar-refractivity contribution in [2.45, 2.75) is 25.7 Å². The van der Waals surface area contributed by atoms with Gasteiger partial charge in [0.15, 0.2) is 5.78 Å². The minimum Gasteiger partial charge on any atom is -0.402 e. The number of benzene rings is 1. The summed E-state index contributed by atoms with van der Waals surface area (Å²) in [5, 5.41) is 0. The Kier molecular flexibility index (Phi) is 2.58. The van der Waals surface area contributed by atoms with Crippen molar-refractivity contribution in [1.82, 2.24) is 0 Å². The van der Waals surface area contributed by atoms with E-state index >= 15 is 0 Å². The summed E-state index contributed by atoms with van der Waals surface area (Å²) in [4.78, 5) is 11.4. The molecule has 2 rings (SSSR count). The number of nitrogens with two attached hydrogens (primary N) is 1. The molecule has 1 atom stereocenters. The summed E-state index contributed by atoms with van der Waals surface area (Å²) >= 11 is 0. The van der Waals surface area contributed by atoms with Crippen LogP contribution in [0.25, 0.3) is 0 Å². The number of carbonyl (C=O) groups excluding carboxylic acids is 1. The van der Waals surface area contributed by atoms with E-state index in [1.165, 1.54) is 11.1 Å². The number of aryl methyl sites for hydroxylation is 1. The average Bonchev–Trinajstić information content (AvgIpc) is 2.16. The second-order valence-corrected chi connectivity index (χ2v) is 4.20. The molecule has 0 aliphatic heterocycles. The van der Waals surface area contributed by atoms with Gasteiger partial charge in [-0.1, -0.05) is 29.8 Å². The number of rotatable bonds is 1. The van der Waals surface area contributed by atoms with Gasteiger partial charge in [-0.25, -0.2) is 0 Å². The van der Waals surface area contributed by atoms with E-state index in [4.69, 9.17) is 5.73 Å². The van der Waals surface area contributed by atoms with Crippen molar-refractivity contribution in [2.24, 2.45) is 5.73 Å². The zero-order valence-electron chi connectivity index (χ0n) is 8.86. The second kappa shape index (κ2) is 3.89. The Morgan fingerprint density at radius 1 is 1.33 bits per heavy atom. The number of allylic oxidation sites excluding steroid dienone is 2. The Hall–Kier alpha value is -1.57. The fourth-order valence-corrected chi connectivity index (χ4v) is 2.08. The number of hydrogen-bond donors (Lipinski definition) is 1. The van der Waals surface area contributed by atoms with Crippen LogP contribution in [-0.4, -0.2) is 5.78 Å². The van der Waals surface area contributed by atoms with Gasteiger partial charge in [0.2, 0.25) is 0 Å². The zero-order chi connectivity index (χ0) is 10.8. The highest BCUT2D eigenvalue weighted by molar-refractivity contribution is 5.91. The van der Waals surface area contributed by atoms with E-state index in [1.807, 2.05) is 6.07 Å². The van der Waals surface area contributed by atoms with E-state index in [9.17, 15) is 4.79 Å². The average molecular weight is 201 g/mol. The Balaban J connectivity index is 2.26. The van der Waals surface area contributed by atoms with Gasteiger partial charge in [0.25, 0.3) is 0 Å². The molecule has 0 amide bonds. The SMILES string of the molecule is Cc1cccc([C@H]2CC(=O)C=C(N)C2)c1. The summed E-state index contributed by atoms with van der Waals surface area (Å²) in [5.74, 6) is 0.410. The lowest BCUT2D eigenvalue weighted by molar-refractivity contribution is -0.115. The highest BCUT2D eigenvalue weighted by Crippen LogP contribution is 2.29. The van der Waals surface area contributed by atoms with E-state index < -0.39 is 0 Å². The third-order valence-electron chi connectivity index (χ3n) is 2.79.